The SMILES string of the molecule is CCN(CC)S(=O)(=O)c1ccc(NC(=O)c2nc(-c3ccccc3)oc2C)cc1. The number of anilines is 1. The molecule has 8 heteroatoms. The number of rotatable bonds is 7. The summed E-state index contributed by atoms with van der Waals surface area (Å²) < 4.78 is 32.1. The third-order valence-corrected chi connectivity index (χ3v) is 6.55. The van der Waals surface area contributed by atoms with E-state index in [9.17, 15) is 13.2 Å². The minimum absolute atomic E-state index is 0.183. The van der Waals surface area contributed by atoms with Crippen molar-refractivity contribution in [3.63, 3.8) is 0 Å². The van der Waals surface area contributed by atoms with Crippen LogP contribution in [0.1, 0.15) is 30.1 Å². The zero-order chi connectivity index (χ0) is 21.0. The van der Waals surface area contributed by atoms with Gasteiger partial charge in [-0.2, -0.15) is 4.31 Å². The quantitative estimate of drug-likeness (QED) is 0.633. The van der Waals surface area contributed by atoms with Crippen molar-refractivity contribution in [3.8, 4) is 11.5 Å². The molecule has 0 saturated heterocycles. The number of aryl methyl sites for hydroxylation is 1. The van der Waals surface area contributed by atoms with Gasteiger partial charge < -0.3 is 9.73 Å². The summed E-state index contributed by atoms with van der Waals surface area (Å²) in [5.74, 6) is 0.351. The predicted octanol–water partition coefficient (Wildman–Crippen LogP) is 3.93. The van der Waals surface area contributed by atoms with Crippen molar-refractivity contribution in [2.75, 3.05) is 18.4 Å². The molecule has 0 bridgehead atoms. The molecule has 0 fully saturated rings. The van der Waals surface area contributed by atoms with Crippen LogP contribution in [0.3, 0.4) is 0 Å². The molecule has 29 heavy (non-hydrogen) atoms. The van der Waals surface area contributed by atoms with Crippen LogP contribution in [0.5, 0.6) is 0 Å². The maximum absolute atomic E-state index is 12.6. The number of carbonyl (C=O) groups is 1. The highest BCUT2D eigenvalue weighted by Gasteiger charge is 2.22. The minimum Gasteiger partial charge on any atom is -0.441 e. The third-order valence-electron chi connectivity index (χ3n) is 4.49. The zero-order valence-electron chi connectivity index (χ0n) is 16.5. The molecule has 7 nitrogen and oxygen atoms in total. The van der Waals surface area contributed by atoms with Crippen molar-refractivity contribution in [1.29, 1.82) is 0 Å². The van der Waals surface area contributed by atoms with Crippen molar-refractivity contribution < 1.29 is 17.6 Å². The van der Waals surface area contributed by atoms with Gasteiger partial charge in [-0.15, -0.1) is 0 Å². The molecule has 3 aromatic rings. The van der Waals surface area contributed by atoms with Crippen LogP contribution in [0, 0.1) is 6.92 Å². The average Bonchev–Trinajstić information content (AvgIpc) is 3.11. The van der Waals surface area contributed by atoms with Crippen LogP contribution in [0.2, 0.25) is 0 Å². The van der Waals surface area contributed by atoms with E-state index in [4.69, 9.17) is 4.42 Å². The van der Waals surface area contributed by atoms with Gasteiger partial charge in [0.2, 0.25) is 15.9 Å². The summed E-state index contributed by atoms with van der Waals surface area (Å²) in [6.45, 7) is 6.05. The molecular formula is C21H23N3O4S. The molecule has 1 aromatic heterocycles. The summed E-state index contributed by atoms with van der Waals surface area (Å²) in [6.07, 6.45) is 0. The molecule has 152 valence electrons. The Morgan fingerprint density at radius 3 is 2.24 bits per heavy atom. The van der Waals surface area contributed by atoms with Crippen LogP contribution in [0.25, 0.3) is 11.5 Å². The molecule has 2 aromatic carbocycles. The molecular weight excluding hydrogens is 390 g/mol. The first-order valence-electron chi connectivity index (χ1n) is 9.31. The Kier molecular flexibility index (Phi) is 6.14. The van der Waals surface area contributed by atoms with Crippen LogP contribution in [0.15, 0.2) is 63.9 Å². The highest BCUT2D eigenvalue weighted by molar-refractivity contribution is 7.89. The van der Waals surface area contributed by atoms with Crippen molar-refractivity contribution >= 4 is 21.6 Å². The first kappa shape index (κ1) is 20.8. The van der Waals surface area contributed by atoms with E-state index in [1.807, 2.05) is 30.3 Å². The second-order valence-electron chi connectivity index (χ2n) is 6.36. The van der Waals surface area contributed by atoms with Gasteiger partial charge in [0.15, 0.2) is 5.69 Å². The van der Waals surface area contributed by atoms with E-state index in [1.54, 1.807) is 32.9 Å². The summed E-state index contributed by atoms with van der Waals surface area (Å²) in [6, 6.07) is 15.4. The van der Waals surface area contributed by atoms with Crippen LogP contribution in [-0.2, 0) is 10.0 Å². The molecule has 0 saturated carbocycles. The number of hydrogen-bond donors (Lipinski definition) is 1. The van der Waals surface area contributed by atoms with E-state index >= 15 is 0 Å². The van der Waals surface area contributed by atoms with E-state index in [-0.39, 0.29) is 10.6 Å². The largest absolute Gasteiger partial charge is 0.441 e. The fraction of sp³-hybridized carbons (Fsp3) is 0.238. The molecule has 0 atom stereocenters. The van der Waals surface area contributed by atoms with Crippen molar-refractivity contribution in [3.05, 3.63) is 66.1 Å². The number of nitrogens with one attached hydrogen (secondary N) is 1. The standard InChI is InChI=1S/C21H23N3O4S/c1-4-24(5-2)29(26,27)18-13-11-17(12-14-18)22-20(25)19-15(3)28-21(23-19)16-9-7-6-8-10-16/h6-14H,4-5H2,1-3H3,(H,22,25). The molecule has 0 aliphatic rings. The van der Waals surface area contributed by atoms with Crippen LogP contribution in [-0.4, -0.2) is 36.7 Å². The Morgan fingerprint density at radius 2 is 1.66 bits per heavy atom. The van der Waals surface area contributed by atoms with Crippen LogP contribution in [0.4, 0.5) is 5.69 Å². The molecule has 1 N–H and O–H groups in total. The van der Waals surface area contributed by atoms with Crippen LogP contribution < -0.4 is 5.32 Å². The first-order valence-corrected chi connectivity index (χ1v) is 10.7. The van der Waals surface area contributed by atoms with Gasteiger partial charge in [-0.05, 0) is 43.3 Å². The monoisotopic (exact) mass is 413 g/mol. The van der Waals surface area contributed by atoms with Crippen LogP contribution >= 0.6 is 0 Å². The van der Waals surface area contributed by atoms with Crippen molar-refractivity contribution in [2.24, 2.45) is 0 Å². The average molecular weight is 413 g/mol. The normalized spacial score (nSPS) is 11.6. The number of benzene rings is 2. The number of hydrogen-bond acceptors (Lipinski definition) is 5. The van der Waals surface area contributed by atoms with Gasteiger partial charge in [-0.3, -0.25) is 4.79 Å². The third kappa shape index (κ3) is 4.38. The lowest BCUT2D eigenvalue weighted by molar-refractivity contribution is 0.102. The highest BCUT2D eigenvalue weighted by Crippen LogP contribution is 2.23. The summed E-state index contributed by atoms with van der Waals surface area (Å²) in [4.78, 5) is 17.1. The molecule has 0 aliphatic heterocycles. The molecule has 3 rings (SSSR count). The van der Waals surface area contributed by atoms with E-state index < -0.39 is 15.9 Å². The smallest absolute Gasteiger partial charge is 0.277 e. The summed E-state index contributed by atoms with van der Waals surface area (Å²) in [7, 11) is -3.54. The Morgan fingerprint density at radius 1 is 1.03 bits per heavy atom. The second-order valence-corrected chi connectivity index (χ2v) is 8.30. The molecule has 0 unspecified atom stereocenters. The van der Waals surface area contributed by atoms with Crippen molar-refractivity contribution in [1.82, 2.24) is 9.29 Å². The zero-order valence-corrected chi connectivity index (χ0v) is 17.4. The van der Waals surface area contributed by atoms with E-state index in [2.05, 4.69) is 10.3 Å². The predicted molar refractivity (Wildman–Crippen MR) is 111 cm³/mol. The molecule has 0 spiro atoms. The van der Waals surface area contributed by atoms with Crippen molar-refractivity contribution in [2.45, 2.75) is 25.7 Å². The van der Waals surface area contributed by atoms with Gasteiger partial charge in [0.05, 0.1) is 4.90 Å². The molecule has 1 heterocycles. The minimum atomic E-state index is -3.54. The number of nitrogens with zero attached hydrogens (tertiary/aromatic N) is 2. The van der Waals surface area contributed by atoms with Gasteiger partial charge in [0.25, 0.3) is 5.91 Å². The first-order chi connectivity index (χ1) is 13.9. The van der Waals surface area contributed by atoms with Gasteiger partial charge in [0, 0.05) is 24.3 Å². The lowest BCUT2D eigenvalue weighted by Gasteiger charge is -2.18. The topological polar surface area (TPSA) is 92.5 Å². The Balaban J connectivity index is 1.77. The molecule has 1 amide bonds. The molecule has 0 radical (unpaired) electrons. The lowest BCUT2D eigenvalue weighted by Crippen LogP contribution is -2.30. The molecule has 0 aliphatic carbocycles. The van der Waals surface area contributed by atoms with Gasteiger partial charge in [0.1, 0.15) is 5.76 Å². The number of oxazole rings is 1. The Hall–Kier alpha value is -2.97. The van der Waals surface area contributed by atoms with E-state index in [0.717, 1.165) is 5.56 Å². The van der Waals surface area contributed by atoms with E-state index in [0.29, 0.717) is 30.4 Å². The number of sulfonamides is 1. The van der Waals surface area contributed by atoms with Gasteiger partial charge in [-0.25, -0.2) is 13.4 Å². The van der Waals surface area contributed by atoms with E-state index in [1.165, 1.54) is 16.4 Å². The van der Waals surface area contributed by atoms with Gasteiger partial charge in [-0.1, -0.05) is 32.0 Å². The summed E-state index contributed by atoms with van der Waals surface area (Å²) in [5.41, 5.74) is 1.43. The Bertz CT molecular complexity index is 1090. The Labute approximate surface area is 170 Å². The number of carbonyl (C=O) groups excluding carboxylic acids is 1. The number of amides is 1. The summed E-state index contributed by atoms with van der Waals surface area (Å²) >= 11 is 0. The fourth-order valence-corrected chi connectivity index (χ4v) is 4.38. The van der Waals surface area contributed by atoms with Gasteiger partial charge >= 0.3 is 0 Å². The lowest BCUT2D eigenvalue weighted by atomic mass is 10.2. The maximum atomic E-state index is 12.6. The maximum Gasteiger partial charge on any atom is 0.277 e. The highest BCUT2D eigenvalue weighted by atomic mass is 32.2. The summed E-state index contributed by atoms with van der Waals surface area (Å²) in [5, 5.41) is 2.73. The second kappa shape index (κ2) is 8.59. The fourth-order valence-electron chi connectivity index (χ4n) is 2.92. The number of aromatic nitrogens is 1.